The Labute approximate surface area is 190 Å². The van der Waals surface area contributed by atoms with Gasteiger partial charge < -0.3 is 14.0 Å². The maximum atomic E-state index is 14.8. The van der Waals surface area contributed by atoms with Gasteiger partial charge in [0.2, 0.25) is 18.2 Å². The molecule has 5 nitrogen and oxygen atoms in total. The SMILES string of the molecule is CCOc1cccc(OCC)c1C(=O)P(=O)(C(=O)c1c(C)cccc1C)C1CCCCC1. The van der Waals surface area contributed by atoms with E-state index in [0.717, 1.165) is 30.4 Å². The van der Waals surface area contributed by atoms with E-state index in [2.05, 4.69) is 0 Å². The minimum absolute atomic E-state index is 0.129. The Morgan fingerprint density at radius 1 is 0.812 bits per heavy atom. The number of ether oxygens (including phenoxy) is 2. The van der Waals surface area contributed by atoms with Crippen molar-refractivity contribution in [3.63, 3.8) is 0 Å². The molecule has 0 heterocycles. The van der Waals surface area contributed by atoms with Gasteiger partial charge in [-0.05, 0) is 63.8 Å². The van der Waals surface area contributed by atoms with Gasteiger partial charge in [0, 0.05) is 11.2 Å². The summed E-state index contributed by atoms with van der Waals surface area (Å²) in [5.74, 6) is 0.627. The summed E-state index contributed by atoms with van der Waals surface area (Å²) >= 11 is 0. The Balaban J connectivity index is 2.23. The van der Waals surface area contributed by atoms with Crippen molar-refractivity contribution in [1.82, 2.24) is 0 Å². The van der Waals surface area contributed by atoms with Gasteiger partial charge in [0.15, 0.2) is 0 Å². The fraction of sp³-hybridized carbons (Fsp3) is 0.462. The molecule has 2 aromatic rings. The maximum absolute atomic E-state index is 14.8. The Morgan fingerprint density at radius 2 is 1.28 bits per heavy atom. The van der Waals surface area contributed by atoms with Crippen LogP contribution < -0.4 is 9.47 Å². The van der Waals surface area contributed by atoms with E-state index in [1.54, 1.807) is 18.2 Å². The highest BCUT2D eigenvalue weighted by atomic mass is 31.2. The second kappa shape index (κ2) is 10.5. The van der Waals surface area contributed by atoms with Crippen molar-refractivity contribution in [1.29, 1.82) is 0 Å². The zero-order valence-electron chi connectivity index (χ0n) is 19.5. The zero-order chi connectivity index (χ0) is 23.3. The van der Waals surface area contributed by atoms with Gasteiger partial charge in [-0.25, -0.2) is 0 Å². The van der Waals surface area contributed by atoms with Gasteiger partial charge >= 0.3 is 0 Å². The summed E-state index contributed by atoms with van der Waals surface area (Å²) in [5, 5.41) is 0. The van der Waals surface area contributed by atoms with Crippen LogP contribution in [0, 0.1) is 13.8 Å². The van der Waals surface area contributed by atoms with E-state index in [1.165, 1.54) is 0 Å². The normalized spacial score (nSPS) is 16.2. The predicted octanol–water partition coefficient (Wildman–Crippen LogP) is 6.78. The van der Waals surface area contributed by atoms with Crippen LogP contribution in [0.5, 0.6) is 11.5 Å². The van der Waals surface area contributed by atoms with E-state index in [4.69, 9.17) is 9.47 Å². The lowest BCUT2D eigenvalue weighted by atomic mass is 10.0. The van der Waals surface area contributed by atoms with Crippen LogP contribution in [0.4, 0.5) is 0 Å². The topological polar surface area (TPSA) is 69.7 Å². The van der Waals surface area contributed by atoms with Gasteiger partial charge in [-0.2, -0.15) is 0 Å². The molecule has 32 heavy (non-hydrogen) atoms. The van der Waals surface area contributed by atoms with E-state index < -0.39 is 23.8 Å². The Morgan fingerprint density at radius 3 is 1.78 bits per heavy atom. The van der Waals surface area contributed by atoms with Crippen molar-refractivity contribution in [3.05, 3.63) is 58.7 Å². The fourth-order valence-corrected chi connectivity index (χ4v) is 7.80. The average Bonchev–Trinajstić information content (AvgIpc) is 2.79. The van der Waals surface area contributed by atoms with Crippen molar-refractivity contribution < 1.29 is 23.6 Å². The zero-order valence-corrected chi connectivity index (χ0v) is 20.4. The number of rotatable bonds is 9. The quantitative estimate of drug-likeness (QED) is 0.389. The van der Waals surface area contributed by atoms with Gasteiger partial charge in [-0.1, -0.05) is 43.5 Å². The minimum atomic E-state index is -4.01. The highest BCUT2D eigenvalue weighted by Gasteiger charge is 2.49. The summed E-state index contributed by atoms with van der Waals surface area (Å²) in [6.45, 7) is 7.99. The molecule has 0 aromatic heterocycles. The molecule has 0 spiro atoms. The first-order valence-electron chi connectivity index (χ1n) is 11.5. The first-order chi connectivity index (χ1) is 15.4. The van der Waals surface area contributed by atoms with Gasteiger partial charge in [-0.3, -0.25) is 9.59 Å². The predicted molar refractivity (Wildman–Crippen MR) is 128 cm³/mol. The molecular weight excluding hydrogens is 423 g/mol. The third kappa shape index (κ3) is 4.54. The molecule has 1 unspecified atom stereocenters. The fourth-order valence-electron chi connectivity index (χ4n) is 4.63. The van der Waals surface area contributed by atoms with E-state index in [9.17, 15) is 14.2 Å². The summed E-state index contributed by atoms with van der Waals surface area (Å²) in [5.41, 5.74) is 0.387. The van der Waals surface area contributed by atoms with Gasteiger partial charge in [-0.15, -0.1) is 0 Å². The van der Waals surface area contributed by atoms with Crippen LogP contribution in [-0.2, 0) is 4.57 Å². The van der Waals surface area contributed by atoms with Crippen LogP contribution in [-0.4, -0.2) is 29.9 Å². The summed E-state index contributed by atoms with van der Waals surface area (Å²) < 4.78 is 26.2. The van der Waals surface area contributed by atoms with Gasteiger partial charge in [0.05, 0.1) is 13.2 Å². The Hall–Kier alpha value is -2.39. The van der Waals surface area contributed by atoms with Crippen molar-refractivity contribution in [2.75, 3.05) is 13.2 Å². The van der Waals surface area contributed by atoms with E-state index in [0.29, 0.717) is 43.1 Å². The van der Waals surface area contributed by atoms with Crippen LogP contribution in [0.15, 0.2) is 36.4 Å². The maximum Gasteiger partial charge on any atom is 0.236 e. The Bertz CT molecular complexity index is 992. The highest BCUT2D eigenvalue weighted by Crippen LogP contribution is 2.62. The molecule has 0 bridgehead atoms. The van der Waals surface area contributed by atoms with E-state index in [1.807, 2.05) is 45.9 Å². The van der Waals surface area contributed by atoms with Crippen LogP contribution in [0.25, 0.3) is 0 Å². The monoisotopic (exact) mass is 456 g/mol. The number of benzene rings is 2. The summed E-state index contributed by atoms with van der Waals surface area (Å²) in [6, 6.07) is 10.6. The van der Waals surface area contributed by atoms with Crippen LogP contribution in [0.2, 0.25) is 0 Å². The van der Waals surface area contributed by atoms with Crippen molar-refractivity contribution in [3.8, 4) is 11.5 Å². The van der Waals surface area contributed by atoms with Crippen LogP contribution >= 0.6 is 7.14 Å². The van der Waals surface area contributed by atoms with Crippen molar-refractivity contribution in [2.45, 2.75) is 65.5 Å². The molecule has 0 N–H and O–H groups in total. The third-order valence-corrected chi connectivity index (χ3v) is 9.39. The molecule has 1 atom stereocenters. The number of hydrogen-bond acceptors (Lipinski definition) is 5. The first-order valence-corrected chi connectivity index (χ1v) is 13.3. The molecule has 2 aromatic carbocycles. The van der Waals surface area contributed by atoms with E-state index >= 15 is 0 Å². The molecule has 1 aliphatic carbocycles. The van der Waals surface area contributed by atoms with Crippen LogP contribution in [0.1, 0.15) is 77.8 Å². The molecule has 1 aliphatic rings. The second-order valence-electron chi connectivity index (χ2n) is 8.32. The molecule has 3 rings (SSSR count). The Kier molecular flexibility index (Phi) is 7.95. The number of aryl methyl sites for hydroxylation is 2. The largest absolute Gasteiger partial charge is 0.493 e. The average molecular weight is 457 g/mol. The number of carbonyl (C=O) groups is 2. The minimum Gasteiger partial charge on any atom is -0.493 e. The molecule has 0 aliphatic heterocycles. The summed E-state index contributed by atoms with van der Waals surface area (Å²) in [4.78, 5) is 28.1. The van der Waals surface area contributed by atoms with Crippen molar-refractivity contribution in [2.24, 2.45) is 0 Å². The molecule has 172 valence electrons. The smallest absolute Gasteiger partial charge is 0.236 e. The molecule has 6 heteroatoms. The molecule has 1 saturated carbocycles. The van der Waals surface area contributed by atoms with Gasteiger partial charge in [0.25, 0.3) is 0 Å². The molecule has 0 saturated heterocycles. The second-order valence-corrected chi connectivity index (χ2v) is 11.2. The first kappa shape index (κ1) is 24.3. The molecule has 1 fully saturated rings. The van der Waals surface area contributed by atoms with Crippen molar-refractivity contribution >= 4 is 18.2 Å². The summed E-state index contributed by atoms with van der Waals surface area (Å²) in [6.07, 6.45) is 3.99. The number of carbonyl (C=O) groups excluding carboxylic acids is 2. The molecular formula is C26H33O5P. The van der Waals surface area contributed by atoms with Gasteiger partial charge in [0.1, 0.15) is 17.1 Å². The summed E-state index contributed by atoms with van der Waals surface area (Å²) in [7, 11) is -4.01. The lowest BCUT2D eigenvalue weighted by Gasteiger charge is -2.30. The van der Waals surface area contributed by atoms with E-state index in [-0.39, 0.29) is 5.56 Å². The highest BCUT2D eigenvalue weighted by molar-refractivity contribution is 7.96. The lowest BCUT2D eigenvalue weighted by molar-refractivity contribution is 0.103. The lowest BCUT2D eigenvalue weighted by Crippen LogP contribution is -2.25. The third-order valence-electron chi connectivity index (χ3n) is 6.19. The van der Waals surface area contributed by atoms with Crippen LogP contribution in [0.3, 0.4) is 0 Å². The molecule has 0 amide bonds. The standard InChI is InChI=1S/C26H33O5P/c1-5-30-21-16-11-17-22(31-6-2)24(21)26(28)32(29,20-14-8-7-9-15-20)25(27)23-18(3)12-10-13-19(23)4/h10-13,16-17,20H,5-9,14-15H2,1-4H3. The molecule has 0 radical (unpaired) electrons. The number of hydrogen-bond donors (Lipinski definition) is 0.